The standard InChI is InChI=1S/C15H23N5O/c1-18-14(11-2-3-11)12(8-17-18)9-19-6-7-20-5-4-16-15(21)13(20)10-19/h8,11,13H,2-7,9-10H2,1H3,(H,16,21)/t13-/m1/s1. The molecule has 114 valence electrons. The minimum atomic E-state index is 0.0357. The zero-order chi connectivity index (χ0) is 14.4. The van der Waals surface area contributed by atoms with Crippen LogP contribution in [-0.2, 0) is 18.4 Å². The van der Waals surface area contributed by atoms with E-state index >= 15 is 0 Å². The molecule has 1 aliphatic carbocycles. The first-order chi connectivity index (χ1) is 10.2. The second-order valence-electron chi connectivity index (χ2n) is 6.53. The zero-order valence-corrected chi connectivity index (χ0v) is 12.6. The van der Waals surface area contributed by atoms with E-state index in [4.69, 9.17) is 0 Å². The Labute approximate surface area is 125 Å². The number of fused-ring (bicyclic) bond motifs is 1. The van der Waals surface area contributed by atoms with Crippen LogP contribution in [0.15, 0.2) is 6.20 Å². The molecule has 6 heteroatoms. The highest BCUT2D eigenvalue weighted by Gasteiger charge is 2.35. The van der Waals surface area contributed by atoms with Gasteiger partial charge < -0.3 is 5.32 Å². The minimum absolute atomic E-state index is 0.0357. The molecule has 0 aromatic carbocycles. The summed E-state index contributed by atoms with van der Waals surface area (Å²) in [5.41, 5.74) is 2.76. The molecule has 3 aliphatic rings. The largest absolute Gasteiger partial charge is 0.353 e. The lowest BCUT2D eigenvalue weighted by atomic mass is 10.1. The number of aromatic nitrogens is 2. The van der Waals surface area contributed by atoms with E-state index in [9.17, 15) is 4.79 Å². The molecule has 2 aliphatic heterocycles. The van der Waals surface area contributed by atoms with Crippen molar-refractivity contribution in [1.29, 1.82) is 0 Å². The Morgan fingerprint density at radius 3 is 3.00 bits per heavy atom. The summed E-state index contributed by atoms with van der Waals surface area (Å²) in [6.45, 7) is 5.59. The van der Waals surface area contributed by atoms with Gasteiger partial charge in [-0.25, -0.2) is 0 Å². The summed E-state index contributed by atoms with van der Waals surface area (Å²) < 4.78 is 2.04. The van der Waals surface area contributed by atoms with Gasteiger partial charge in [0.1, 0.15) is 6.04 Å². The highest BCUT2D eigenvalue weighted by Crippen LogP contribution is 2.41. The fraction of sp³-hybridized carbons (Fsp3) is 0.733. The van der Waals surface area contributed by atoms with E-state index in [1.165, 1.54) is 24.1 Å². The summed E-state index contributed by atoms with van der Waals surface area (Å²) in [6.07, 6.45) is 4.61. The van der Waals surface area contributed by atoms with Crippen LogP contribution in [-0.4, -0.2) is 64.3 Å². The van der Waals surface area contributed by atoms with E-state index in [0.29, 0.717) is 5.92 Å². The number of piperazine rings is 2. The van der Waals surface area contributed by atoms with Gasteiger partial charge in [-0.2, -0.15) is 5.10 Å². The Kier molecular flexibility index (Phi) is 3.23. The maximum absolute atomic E-state index is 12.0. The van der Waals surface area contributed by atoms with Crippen molar-refractivity contribution in [1.82, 2.24) is 24.9 Å². The Morgan fingerprint density at radius 2 is 2.19 bits per heavy atom. The number of rotatable bonds is 3. The van der Waals surface area contributed by atoms with Gasteiger partial charge in [0.2, 0.25) is 5.91 Å². The molecular weight excluding hydrogens is 266 g/mol. The van der Waals surface area contributed by atoms with E-state index in [1.54, 1.807) is 0 Å². The molecule has 1 saturated carbocycles. The number of nitrogens with zero attached hydrogens (tertiary/aromatic N) is 4. The van der Waals surface area contributed by atoms with Gasteiger partial charge in [-0.3, -0.25) is 19.3 Å². The highest BCUT2D eigenvalue weighted by molar-refractivity contribution is 5.82. The lowest BCUT2D eigenvalue weighted by molar-refractivity contribution is -0.131. The van der Waals surface area contributed by atoms with Gasteiger partial charge in [0.15, 0.2) is 0 Å². The molecule has 0 spiro atoms. The predicted molar refractivity (Wildman–Crippen MR) is 78.8 cm³/mol. The zero-order valence-electron chi connectivity index (χ0n) is 12.6. The minimum Gasteiger partial charge on any atom is -0.353 e. The Bertz CT molecular complexity index is 550. The summed E-state index contributed by atoms with van der Waals surface area (Å²) in [5, 5.41) is 7.43. The van der Waals surface area contributed by atoms with E-state index in [0.717, 1.165) is 39.3 Å². The molecule has 1 aromatic heterocycles. The van der Waals surface area contributed by atoms with E-state index in [2.05, 4.69) is 20.2 Å². The fourth-order valence-electron chi connectivity index (χ4n) is 3.72. The van der Waals surface area contributed by atoms with Crippen molar-refractivity contribution < 1.29 is 4.79 Å². The number of amides is 1. The van der Waals surface area contributed by atoms with Crippen LogP contribution in [0.1, 0.15) is 30.0 Å². The third-order valence-corrected chi connectivity index (χ3v) is 5.00. The topological polar surface area (TPSA) is 53.4 Å². The molecule has 1 aromatic rings. The van der Waals surface area contributed by atoms with Crippen LogP contribution in [0.3, 0.4) is 0 Å². The second kappa shape index (κ2) is 5.10. The van der Waals surface area contributed by atoms with Crippen molar-refractivity contribution in [3.8, 4) is 0 Å². The lowest BCUT2D eigenvalue weighted by Gasteiger charge is -2.43. The Balaban J connectivity index is 1.47. The maximum atomic E-state index is 12.0. The summed E-state index contributed by atoms with van der Waals surface area (Å²) in [4.78, 5) is 16.8. The molecule has 1 amide bonds. The number of nitrogens with one attached hydrogen (secondary N) is 1. The van der Waals surface area contributed by atoms with Gasteiger partial charge in [-0.15, -0.1) is 0 Å². The van der Waals surface area contributed by atoms with E-state index < -0.39 is 0 Å². The van der Waals surface area contributed by atoms with Gasteiger partial charge in [0.05, 0.1) is 6.20 Å². The van der Waals surface area contributed by atoms with Gasteiger partial charge in [-0.05, 0) is 12.8 Å². The molecule has 1 atom stereocenters. The number of hydrogen-bond donors (Lipinski definition) is 1. The van der Waals surface area contributed by atoms with Crippen molar-refractivity contribution in [2.45, 2.75) is 31.3 Å². The van der Waals surface area contributed by atoms with Crippen LogP contribution in [0.5, 0.6) is 0 Å². The van der Waals surface area contributed by atoms with Crippen LogP contribution in [0.2, 0.25) is 0 Å². The van der Waals surface area contributed by atoms with Crippen LogP contribution in [0.4, 0.5) is 0 Å². The summed E-state index contributed by atoms with van der Waals surface area (Å²) >= 11 is 0. The smallest absolute Gasteiger partial charge is 0.238 e. The number of aryl methyl sites for hydroxylation is 1. The lowest BCUT2D eigenvalue weighted by Crippen LogP contribution is -2.63. The second-order valence-corrected chi connectivity index (χ2v) is 6.53. The van der Waals surface area contributed by atoms with Crippen molar-refractivity contribution in [2.24, 2.45) is 7.05 Å². The van der Waals surface area contributed by atoms with Crippen LogP contribution in [0, 0.1) is 0 Å². The van der Waals surface area contributed by atoms with Gasteiger partial charge >= 0.3 is 0 Å². The highest BCUT2D eigenvalue weighted by atomic mass is 16.2. The first kappa shape index (κ1) is 13.3. The first-order valence-electron chi connectivity index (χ1n) is 7.97. The van der Waals surface area contributed by atoms with Crippen molar-refractivity contribution >= 4 is 5.91 Å². The maximum Gasteiger partial charge on any atom is 0.238 e. The average Bonchev–Trinajstić information content (AvgIpc) is 3.25. The molecule has 1 N–H and O–H groups in total. The van der Waals surface area contributed by atoms with Gasteiger partial charge in [0, 0.05) is 63.5 Å². The summed E-state index contributed by atoms with van der Waals surface area (Å²) in [7, 11) is 2.05. The molecule has 6 nitrogen and oxygen atoms in total. The quantitative estimate of drug-likeness (QED) is 0.845. The van der Waals surface area contributed by atoms with Crippen molar-refractivity contribution in [2.75, 3.05) is 32.7 Å². The number of carbonyl (C=O) groups excluding carboxylic acids is 1. The van der Waals surface area contributed by atoms with Gasteiger partial charge in [-0.1, -0.05) is 0 Å². The molecule has 0 unspecified atom stereocenters. The van der Waals surface area contributed by atoms with Gasteiger partial charge in [0.25, 0.3) is 0 Å². The molecule has 0 radical (unpaired) electrons. The Morgan fingerprint density at radius 1 is 1.33 bits per heavy atom. The predicted octanol–water partition coefficient (Wildman–Crippen LogP) is -0.0865. The molecule has 3 fully saturated rings. The number of hydrogen-bond acceptors (Lipinski definition) is 4. The van der Waals surface area contributed by atoms with E-state index in [1.807, 2.05) is 17.9 Å². The molecule has 0 bridgehead atoms. The van der Waals surface area contributed by atoms with Crippen LogP contribution in [0.25, 0.3) is 0 Å². The van der Waals surface area contributed by atoms with Crippen LogP contribution < -0.4 is 5.32 Å². The monoisotopic (exact) mass is 289 g/mol. The molecular formula is C15H23N5O. The van der Waals surface area contributed by atoms with Crippen molar-refractivity contribution in [3.63, 3.8) is 0 Å². The normalized spacial score (nSPS) is 27.5. The Hall–Kier alpha value is -1.40. The van der Waals surface area contributed by atoms with Crippen molar-refractivity contribution in [3.05, 3.63) is 17.5 Å². The average molecular weight is 289 g/mol. The molecule has 4 rings (SSSR count). The third kappa shape index (κ3) is 2.46. The van der Waals surface area contributed by atoms with Crippen LogP contribution >= 0.6 is 0 Å². The molecule has 2 saturated heterocycles. The molecule has 21 heavy (non-hydrogen) atoms. The number of carbonyl (C=O) groups is 1. The SMILES string of the molecule is Cn1ncc(CN2CCN3CCNC(=O)[C@H]3C2)c1C1CC1. The summed E-state index contributed by atoms with van der Waals surface area (Å²) in [5.74, 6) is 0.909. The molecule has 3 heterocycles. The first-order valence-corrected chi connectivity index (χ1v) is 7.97. The fourth-order valence-corrected chi connectivity index (χ4v) is 3.72. The summed E-state index contributed by atoms with van der Waals surface area (Å²) in [6, 6.07) is 0.0357. The third-order valence-electron chi connectivity index (χ3n) is 5.00. The van der Waals surface area contributed by atoms with E-state index in [-0.39, 0.29) is 11.9 Å².